The summed E-state index contributed by atoms with van der Waals surface area (Å²) in [6.07, 6.45) is 9.98. The standard InChI is InChI=1S/C10H12O2/c11-10(12)4-3-9-6-7-1-2-8(9)5-7/h1-4,7-9H,5-6H2,(H,11,12)/b4-3+/t7-,8-,9+/m0/s1. The number of allylic oxidation sites excluding steroid dienone is 3. The van der Waals surface area contributed by atoms with Gasteiger partial charge in [-0.25, -0.2) is 4.79 Å². The van der Waals surface area contributed by atoms with Gasteiger partial charge in [-0.05, 0) is 30.6 Å². The van der Waals surface area contributed by atoms with Gasteiger partial charge in [0, 0.05) is 6.08 Å². The van der Waals surface area contributed by atoms with Crippen molar-refractivity contribution in [1.82, 2.24) is 0 Å². The fourth-order valence-electron chi connectivity index (χ4n) is 2.25. The number of aliphatic carboxylic acids is 1. The lowest BCUT2D eigenvalue weighted by Crippen LogP contribution is -2.03. The molecule has 2 rings (SSSR count). The van der Waals surface area contributed by atoms with Crippen molar-refractivity contribution in [2.24, 2.45) is 17.8 Å². The van der Waals surface area contributed by atoms with Crippen LogP contribution in [0.3, 0.4) is 0 Å². The number of carboxylic acids is 1. The molecule has 0 heterocycles. The third-order valence-corrected chi connectivity index (χ3v) is 2.82. The van der Waals surface area contributed by atoms with Crippen LogP contribution in [0.1, 0.15) is 12.8 Å². The van der Waals surface area contributed by atoms with E-state index in [9.17, 15) is 4.79 Å². The molecule has 0 radical (unpaired) electrons. The van der Waals surface area contributed by atoms with Crippen molar-refractivity contribution in [2.45, 2.75) is 12.8 Å². The van der Waals surface area contributed by atoms with Crippen LogP contribution in [-0.4, -0.2) is 11.1 Å². The predicted molar refractivity (Wildman–Crippen MR) is 45.6 cm³/mol. The summed E-state index contributed by atoms with van der Waals surface area (Å²) in [5, 5.41) is 8.44. The quantitative estimate of drug-likeness (QED) is 0.499. The maximum absolute atomic E-state index is 10.3. The Kier molecular flexibility index (Phi) is 1.75. The van der Waals surface area contributed by atoms with E-state index >= 15 is 0 Å². The highest BCUT2D eigenvalue weighted by atomic mass is 16.4. The van der Waals surface area contributed by atoms with E-state index in [0.29, 0.717) is 11.8 Å². The Morgan fingerprint density at radius 3 is 2.75 bits per heavy atom. The van der Waals surface area contributed by atoms with Crippen LogP contribution in [0.25, 0.3) is 0 Å². The van der Waals surface area contributed by atoms with Gasteiger partial charge in [0.15, 0.2) is 0 Å². The molecule has 0 unspecified atom stereocenters. The molecule has 3 atom stereocenters. The SMILES string of the molecule is O=C(O)/C=C/[C@@H]1C[C@H]2C=C[C@H]1C2. The minimum absolute atomic E-state index is 0.482. The van der Waals surface area contributed by atoms with E-state index < -0.39 is 5.97 Å². The normalized spacial score (nSPS) is 38.2. The Morgan fingerprint density at radius 2 is 2.25 bits per heavy atom. The average molecular weight is 164 g/mol. The molecule has 0 saturated heterocycles. The monoisotopic (exact) mass is 164 g/mol. The summed E-state index contributed by atoms with van der Waals surface area (Å²) in [7, 11) is 0. The van der Waals surface area contributed by atoms with E-state index in [1.54, 1.807) is 0 Å². The van der Waals surface area contributed by atoms with Gasteiger partial charge in [0.2, 0.25) is 0 Å². The Hall–Kier alpha value is -1.05. The van der Waals surface area contributed by atoms with Gasteiger partial charge in [-0.15, -0.1) is 0 Å². The van der Waals surface area contributed by atoms with Crippen molar-refractivity contribution >= 4 is 5.97 Å². The molecule has 12 heavy (non-hydrogen) atoms. The zero-order valence-corrected chi connectivity index (χ0v) is 6.81. The first kappa shape index (κ1) is 7.59. The third-order valence-electron chi connectivity index (χ3n) is 2.82. The largest absolute Gasteiger partial charge is 0.478 e. The van der Waals surface area contributed by atoms with Crippen LogP contribution in [0.5, 0.6) is 0 Å². The number of rotatable bonds is 2. The maximum atomic E-state index is 10.3. The highest BCUT2D eigenvalue weighted by Gasteiger charge is 2.33. The van der Waals surface area contributed by atoms with Crippen LogP contribution in [0.15, 0.2) is 24.3 Å². The van der Waals surface area contributed by atoms with Crippen LogP contribution >= 0.6 is 0 Å². The van der Waals surface area contributed by atoms with Crippen LogP contribution in [0, 0.1) is 17.8 Å². The first-order valence-corrected chi connectivity index (χ1v) is 4.35. The number of hydrogen-bond acceptors (Lipinski definition) is 1. The van der Waals surface area contributed by atoms with Crippen molar-refractivity contribution in [3.05, 3.63) is 24.3 Å². The molecular formula is C10H12O2. The van der Waals surface area contributed by atoms with Gasteiger partial charge in [0.25, 0.3) is 0 Å². The van der Waals surface area contributed by atoms with Gasteiger partial charge >= 0.3 is 5.97 Å². The van der Waals surface area contributed by atoms with Gasteiger partial charge in [-0.1, -0.05) is 18.2 Å². The molecular weight excluding hydrogens is 152 g/mol. The van der Waals surface area contributed by atoms with Crippen molar-refractivity contribution in [3.8, 4) is 0 Å². The van der Waals surface area contributed by atoms with Crippen LogP contribution in [0.2, 0.25) is 0 Å². The first-order valence-electron chi connectivity index (χ1n) is 4.35. The minimum atomic E-state index is -0.832. The van der Waals surface area contributed by atoms with Gasteiger partial charge in [-0.2, -0.15) is 0 Å². The number of fused-ring (bicyclic) bond motifs is 2. The van der Waals surface area contributed by atoms with Crippen molar-refractivity contribution in [3.63, 3.8) is 0 Å². The van der Waals surface area contributed by atoms with Gasteiger partial charge in [0.1, 0.15) is 0 Å². The fraction of sp³-hybridized carbons (Fsp3) is 0.500. The number of carbonyl (C=O) groups is 1. The Balaban J connectivity index is 1.99. The highest BCUT2D eigenvalue weighted by Crippen LogP contribution is 2.43. The van der Waals surface area contributed by atoms with E-state index in [0.717, 1.165) is 12.3 Å². The lowest BCUT2D eigenvalue weighted by molar-refractivity contribution is -0.131. The molecule has 2 nitrogen and oxygen atoms in total. The molecule has 2 heteroatoms. The van der Waals surface area contributed by atoms with Crippen molar-refractivity contribution < 1.29 is 9.90 Å². The molecule has 0 aromatic rings. The molecule has 2 bridgehead atoms. The Bertz CT molecular complexity index is 253. The summed E-state index contributed by atoms with van der Waals surface area (Å²) in [6, 6.07) is 0. The van der Waals surface area contributed by atoms with E-state index in [1.807, 2.05) is 6.08 Å². The second-order valence-electron chi connectivity index (χ2n) is 3.64. The van der Waals surface area contributed by atoms with Crippen LogP contribution in [0.4, 0.5) is 0 Å². The summed E-state index contributed by atoms with van der Waals surface area (Å²) >= 11 is 0. The average Bonchev–Trinajstić information content (AvgIpc) is 2.60. The van der Waals surface area contributed by atoms with E-state index in [2.05, 4.69) is 12.2 Å². The van der Waals surface area contributed by atoms with Gasteiger partial charge in [-0.3, -0.25) is 0 Å². The lowest BCUT2D eigenvalue weighted by atomic mass is 9.93. The Morgan fingerprint density at radius 1 is 1.42 bits per heavy atom. The second kappa shape index (κ2) is 2.77. The molecule has 0 aromatic carbocycles. The van der Waals surface area contributed by atoms with Crippen molar-refractivity contribution in [2.75, 3.05) is 0 Å². The summed E-state index contributed by atoms with van der Waals surface area (Å²) in [5.74, 6) is 0.988. The van der Waals surface area contributed by atoms with Crippen LogP contribution < -0.4 is 0 Å². The van der Waals surface area contributed by atoms with E-state index in [1.165, 1.54) is 12.5 Å². The zero-order valence-electron chi connectivity index (χ0n) is 6.81. The second-order valence-corrected chi connectivity index (χ2v) is 3.64. The maximum Gasteiger partial charge on any atom is 0.327 e. The van der Waals surface area contributed by atoms with E-state index in [-0.39, 0.29) is 0 Å². The molecule has 0 aliphatic heterocycles. The predicted octanol–water partition coefficient (Wildman–Crippen LogP) is 1.84. The molecule has 1 saturated carbocycles. The molecule has 2 aliphatic carbocycles. The first-order chi connectivity index (χ1) is 5.75. The highest BCUT2D eigenvalue weighted by molar-refractivity contribution is 5.79. The van der Waals surface area contributed by atoms with Crippen LogP contribution in [-0.2, 0) is 4.79 Å². The molecule has 1 fully saturated rings. The summed E-state index contributed by atoms with van der Waals surface area (Å²) < 4.78 is 0. The summed E-state index contributed by atoms with van der Waals surface area (Å²) in [6.45, 7) is 0. The summed E-state index contributed by atoms with van der Waals surface area (Å²) in [4.78, 5) is 10.3. The third kappa shape index (κ3) is 1.29. The number of carboxylic acid groups (broad SMARTS) is 1. The van der Waals surface area contributed by atoms with Crippen molar-refractivity contribution in [1.29, 1.82) is 0 Å². The molecule has 64 valence electrons. The smallest absolute Gasteiger partial charge is 0.327 e. The molecule has 0 amide bonds. The minimum Gasteiger partial charge on any atom is -0.478 e. The Labute approximate surface area is 71.6 Å². The molecule has 0 aromatic heterocycles. The lowest BCUT2D eigenvalue weighted by Gasteiger charge is -2.12. The van der Waals surface area contributed by atoms with Gasteiger partial charge < -0.3 is 5.11 Å². The molecule has 2 aliphatic rings. The summed E-state index contributed by atoms with van der Waals surface area (Å²) in [5.41, 5.74) is 0. The number of hydrogen-bond donors (Lipinski definition) is 1. The molecule has 1 N–H and O–H groups in total. The van der Waals surface area contributed by atoms with Gasteiger partial charge in [0.05, 0.1) is 0 Å². The molecule has 0 spiro atoms. The fourth-order valence-corrected chi connectivity index (χ4v) is 2.25. The zero-order chi connectivity index (χ0) is 8.55. The van der Waals surface area contributed by atoms with E-state index in [4.69, 9.17) is 5.11 Å². The topological polar surface area (TPSA) is 37.3 Å².